The number of anilines is 1. The Balaban J connectivity index is 1.63. The third kappa shape index (κ3) is 3.09. The maximum atomic E-state index is 12.6. The van der Waals surface area contributed by atoms with Gasteiger partial charge in [0.15, 0.2) is 5.82 Å². The predicted molar refractivity (Wildman–Crippen MR) is 104 cm³/mol. The van der Waals surface area contributed by atoms with Crippen LogP contribution in [0.3, 0.4) is 0 Å². The van der Waals surface area contributed by atoms with Crippen molar-refractivity contribution < 1.29 is 4.79 Å². The molecule has 9 heteroatoms. The average molecular weight is 376 g/mol. The zero-order valence-electron chi connectivity index (χ0n) is 15.1. The van der Waals surface area contributed by atoms with Crippen LogP contribution in [0.4, 0.5) is 5.69 Å². The summed E-state index contributed by atoms with van der Waals surface area (Å²) in [6, 6.07) is 11.9. The molecule has 2 aromatic carbocycles. The third-order valence-electron chi connectivity index (χ3n) is 4.46. The lowest BCUT2D eigenvalue weighted by Crippen LogP contribution is -2.29. The molecule has 0 fully saturated rings. The molecule has 0 aliphatic heterocycles. The van der Waals surface area contributed by atoms with Gasteiger partial charge in [0.2, 0.25) is 0 Å². The van der Waals surface area contributed by atoms with Gasteiger partial charge in [0.1, 0.15) is 5.82 Å². The van der Waals surface area contributed by atoms with E-state index in [9.17, 15) is 14.4 Å². The number of carbonyl (C=O) groups excluding carboxylic acids is 1. The molecule has 0 radical (unpaired) electrons. The summed E-state index contributed by atoms with van der Waals surface area (Å²) in [7, 11) is 1.87. The second-order valence-corrected chi connectivity index (χ2v) is 6.33. The molecule has 0 unspecified atom stereocenters. The number of aryl methyl sites for hydroxylation is 1. The molecule has 4 aromatic rings. The zero-order chi connectivity index (χ0) is 19.8. The quantitative estimate of drug-likeness (QED) is 0.468. The van der Waals surface area contributed by atoms with Gasteiger partial charge in [0.05, 0.1) is 11.0 Å². The maximum absolute atomic E-state index is 12.6. The highest BCUT2D eigenvalue weighted by Gasteiger charge is 2.11. The van der Waals surface area contributed by atoms with Crippen molar-refractivity contribution in [2.24, 2.45) is 7.05 Å². The molecule has 0 saturated heterocycles. The minimum Gasteiger partial charge on any atom is -0.322 e. The monoisotopic (exact) mass is 376 g/mol. The lowest BCUT2D eigenvalue weighted by atomic mass is 10.1. The van der Waals surface area contributed by atoms with Crippen molar-refractivity contribution in [2.75, 3.05) is 5.32 Å². The zero-order valence-corrected chi connectivity index (χ0v) is 15.1. The predicted octanol–water partition coefficient (Wildman–Crippen LogP) is 1.57. The van der Waals surface area contributed by atoms with Crippen LogP contribution in [0.1, 0.15) is 16.2 Å². The van der Waals surface area contributed by atoms with Gasteiger partial charge in [-0.15, -0.1) is 10.2 Å². The number of hydrogen-bond acceptors (Lipinski definition) is 5. The van der Waals surface area contributed by atoms with E-state index in [1.54, 1.807) is 18.2 Å². The van der Waals surface area contributed by atoms with Gasteiger partial charge in [-0.1, -0.05) is 12.1 Å². The Bertz CT molecular complexity index is 1330. The Morgan fingerprint density at radius 3 is 2.46 bits per heavy atom. The number of benzene rings is 2. The number of rotatable bonds is 3. The molecule has 1 amide bonds. The van der Waals surface area contributed by atoms with Crippen molar-refractivity contribution in [1.29, 1.82) is 0 Å². The molecular formula is C19H16N6O3. The molecule has 0 aliphatic carbocycles. The highest BCUT2D eigenvalue weighted by molar-refractivity contribution is 6.06. The lowest BCUT2D eigenvalue weighted by molar-refractivity contribution is 0.102. The summed E-state index contributed by atoms with van der Waals surface area (Å²) in [6.45, 7) is 1.86. The van der Waals surface area contributed by atoms with Crippen LogP contribution in [0, 0.1) is 6.92 Å². The second-order valence-electron chi connectivity index (χ2n) is 6.33. The van der Waals surface area contributed by atoms with Gasteiger partial charge in [0, 0.05) is 23.9 Å². The second kappa shape index (κ2) is 6.62. The normalized spacial score (nSPS) is 10.9. The fraction of sp³-hybridized carbons (Fsp3) is 0.105. The van der Waals surface area contributed by atoms with E-state index in [-0.39, 0.29) is 5.91 Å². The standard InChI is InChI=1S/C19H16N6O3/c1-10-23-24-16(25(10)2)11-4-3-5-13(8-11)20-17(26)12-6-7-14-15(9-12)22-19(28)18(27)21-14/h3-9H,1-2H3,(H,20,26)(H,21,27)(H,22,28). The van der Waals surface area contributed by atoms with Crippen LogP contribution in [-0.4, -0.2) is 30.6 Å². The van der Waals surface area contributed by atoms with Gasteiger partial charge >= 0.3 is 11.1 Å². The number of aromatic nitrogens is 5. The van der Waals surface area contributed by atoms with Gasteiger partial charge < -0.3 is 19.9 Å². The van der Waals surface area contributed by atoms with Crippen molar-refractivity contribution in [3.8, 4) is 11.4 Å². The van der Waals surface area contributed by atoms with Crippen molar-refractivity contribution in [3.05, 3.63) is 74.6 Å². The molecule has 3 N–H and O–H groups in total. The molecule has 2 heterocycles. The molecule has 0 bridgehead atoms. The number of carbonyl (C=O) groups is 1. The van der Waals surface area contributed by atoms with Gasteiger partial charge in [-0.3, -0.25) is 14.4 Å². The molecule has 0 saturated carbocycles. The van der Waals surface area contributed by atoms with Gasteiger partial charge in [-0.25, -0.2) is 0 Å². The molecule has 0 aliphatic rings. The van der Waals surface area contributed by atoms with E-state index in [0.717, 1.165) is 11.4 Å². The van der Waals surface area contributed by atoms with Crippen LogP contribution >= 0.6 is 0 Å². The first-order valence-corrected chi connectivity index (χ1v) is 8.46. The summed E-state index contributed by atoms with van der Waals surface area (Å²) >= 11 is 0. The lowest BCUT2D eigenvalue weighted by Gasteiger charge is -2.08. The third-order valence-corrected chi connectivity index (χ3v) is 4.46. The van der Waals surface area contributed by atoms with E-state index < -0.39 is 11.1 Å². The number of hydrogen-bond donors (Lipinski definition) is 3. The van der Waals surface area contributed by atoms with Crippen molar-refractivity contribution >= 4 is 22.6 Å². The molecule has 9 nitrogen and oxygen atoms in total. The molecule has 140 valence electrons. The smallest absolute Gasteiger partial charge is 0.314 e. The van der Waals surface area contributed by atoms with E-state index in [4.69, 9.17) is 0 Å². The molecule has 0 atom stereocenters. The Kier molecular flexibility index (Phi) is 4.11. The average Bonchev–Trinajstić information content (AvgIpc) is 3.01. The first kappa shape index (κ1) is 17.4. The Morgan fingerprint density at radius 1 is 1.00 bits per heavy atom. The molecule has 4 rings (SSSR count). The fourth-order valence-corrected chi connectivity index (χ4v) is 2.85. The van der Waals surface area contributed by atoms with Gasteiger partial charge in [-0.05, 0) is 37.3 Å². The van der Waals surface area contributed by atoms with Crippen LogP contribution in [0.5, 0.6) is 0 Å². The Hall–Kier alpha value is -4.01. The Labute approximate surface area is 158 Å². The van der Waals surface area contributed by atoms with E-state index in [0.29, 0.717) is 28.1 Å². The van der Waals surface area contributed by atoms with Gasteiger partial charge in [0.25, 0.3) is 5.91 Å². The summed E-state index contributed by atoms with van der Waals surface area (Å²) < 4.78 is 1.86. The number of nitrogens with zero attached hydrogens (tertiary/aromatic N) is 3. The first-order chi connectivity index (χ1) is 13.4. The highest BCUT2D eigenvalue weighted by Crippen LogP contribution is 2.21. The highest BCUT2D eigenvalue weighted by atomic mass is 16.2. The number of nitrogens with one attached hydrogen (secondary N) is 3. The van der Waals surface area contributed by atoms with E-state index in [2.05, 4.69) is 25.5 Å². The summed E-state index contributed by atoms with van der Waals surface area (Å²) in [5.74, 6) is 1.13. The van der Waals surface area contributed by atoms with E-state index in [1.165, 1.54) is 6.07 Å². The topological polar surface area (TPSA) is 126 Å². The minimum absolute atomic E-state index is 0.343. The van der Waals surface area contributed by atoms with Crippen molar-refractivity contribution in [2.45, 2.75) is 6.92 Å². The summed E-state index contributed by atoms with van der Waals surface area (Å²) in [5.41, 5.74) is 1.08. The number of aromatic amines is 2. The largest absolute Gasteiger partial charge is 0.322 e. The molecule has 0 spiro atoms. The number of amides is 1. The van der Waals surface area contributed by atoms with Crippen LogP contribution in [-0.2, 0) is 7.05 Å². The minimum atomic E-state index is -0.767. The number of H-pyrrole nitrogens is 2. The Morgan fingerprint density at radius 2 is 1.75 bits per heavy atom. The van der Waals surface area contributed by atoms with Crippen molar-refractivity contribution in [3.63, 3.8) is 0 Å². The van der Waals surface area contributed by atoms with Crippen LogP contribution in [0.25, 0.3) is 22.4 Å². The molecule has 28 heavy (non-hydrogen) atoms. The van der Waals surface area contributed by atoms with Crippen LogP contribution in [0.2, 0.25) is 0 Å². The fourth-order valence-electron chi connectivity index (χ4n) is 2.85. The van der Waals surface area contributed by atoms with E-state index in [1.807, 2.05) is 36.7 Å². The van der Waals surface area contributed by atoms with Crippen LogP contribution in [0.15, 0.2) is 52.1 Å². The first-order valence-electron chi connectivity index (χ1n) is 8.46. The summed E-state index contributed by atoms with van der Waals surface area (Å²) in [6.07, 6.45) is 0. The van der Waals surface area contributed by atoms with Crippen LogP contribution < -0.4 is 16.4 Å². The number of fused-ring (bicyclic) bond motifs is 1. The summed E-state index contributed by atoms with van der Waals surface area (Å²) in [4.78, 5) is 40.4. The SMILES string of the molecule is Cc1nnc(-c2cccc(NC(=O)c3ccc4[nH]c(=O)c(=O)[nH]c4c3)c2)n1C. The maximum Gasteiger partial charge on any atom is 0.314 e. The summed E-state index contributed by atoms with van der Waals surface area (Å²) in [5, 5.41) is 11.0. The molecular weight excluding hydrogens is 360 g/mol. The van der Waals surface area contributed by atoms with Crippen molar-refractivity contribution in [1.82, 2.24) is 24.7 Å². The van der Waals surface area contributed by atoms with Gasteiger partial charge in [-0.2, -0.15) is 0 Å². The molecule has 2 aromatic heterocycles. The van der Waals surface area contributed by atoms with E-state index >= 15 is 0 Å².